The fourth-order valence-electron chi connectivity index (χ4n) is 3.66. The summed E-state index contributed by atoms with van der Waals surface area (Å²) >= 11 is 0. The molecule has 3 heteroatoms. The number of aromatic nitrogens is 1. The van der Waals surface area contributed by atoms with E-state index in [1.54, 1.807) is 0 Å². The molecule has 1 aliphatic heterocycles. The van der Waals surface area contributed by atoms with E-state index in [0.717, 1.165) is 24.3 Å². The molecule has 0 unspecified atom stereocenters. The molecule has 1 aromatic rings. The van der Waals surface area contributed by atoms with Crippen LogP contribution in [-0.2, 0) is 5.54 Å². The van der Waals surface area contributed by atoms with Crippen molar-refractivity contribution < 1.29 is 4.79 Å². The number of hydrogen-bond acceptors (Lipinski definition) is 2. The van der Waals surface area contributed by atoms with Crippen molar-refractivity contribution in [2.24, 2.45) is 0 Å². The first kappa shape index (κ1) is 16.3. The molecule has 2 rings (SSSR count). The Hall–Kier alpha value is -1.09. The van der Waals surface area contributed by atoms with Crippen LogP contribution in [0.5, 0.6) is 0 Å². The van der Waals surface area contributed by atoms with Crippen molar-refractivity contribution in [1.82, 2.24) is 9.47 Å². The first-order valence-electron chi connectivity index (χ1n) is 8.25. The van der Waals surface area contributed by atoms with Gasteiger partial charge in [0.2, 0.25) is 0 Å². The normalized spacial score (nSPS) is 17.8. The highest BCUT2D eigenvalue weighted by molar-refractivity contribution is 5.99. The Bertz CT molecular complexity index is 500. The number of likely N-dealkylation sites (tertiary alicyclic amines) is 1. The molecule has 0 bridgehead atoms. The minimum absolute atomic E-state index is 0.0231. The topological polar surface area (TPSA) is 25.2 Å². The molecular formula is C18H30N2O. The van der Waals surface area contributed by atoms with E-state index in [-0.39, 0.29) is 11.3 Å². The van der Waals surface area contributed by atoms with Gasteiger partial charge in [-0.15, -0.1) is 0 Å². The van der Waals surface area contributed by atoms with Crippen LogP contribution in [0.15, 0.2) is 6.07 Å². The molecule has 3 nitrogen and oxygen atoms in total. The van der Waals surface area contributed by atoms with Crippen molar-refractivity contribution in [3.05, 3.63) is 23.0 Å². The highest BCUT2D eigenvalue weighted by atomic mass is 16.1. The van der Waals surface area contributed by atoms with Crippen molar-refractivity contribution in [2.75, 3.05) is 19.6 Å². The molecule has 1 saturated heterocycles. The van der Waals surface area contributed by atoms with Gasteiger partial charge in [0.1, 0.15) is 0 Å². The van der Waals surface area contributed by atoms with Crippen LogP contribution in [0.2, 0.25) is 0 Å². The minimum atomic E-state index is 0.0231. The molecule has 1 aliphatic rings. The summed E-state index contributed by atoms with van der Waals surface area (Å²) in [4.78, 5) is 15.0. The molecule has 0 amide bonds. The van der Waals surface area contributed by atoms with Gasteiger partial charge in [-0.3, -0.25) is 9.69 Å². The predicted octanol–water partition coefficient (Wildman–Crippen LogP) is 3.92. The summed E-state index contributed by atoms with van der Waals surface area (Å²) in [5.41, 5.74) is 3.22. The monoisotopic (exact) mass is 290 g/mol. The average Bonchev–Trinajstić information content (AvgIpc) is 2.55. The fraction of sp³-hybridized carbons (Fsp3) is 0.722. The number of carbonyl (C=O) groups excluding carboxylic acids is 1. The summed E-state index contributed by atoms with van der Waals surface area (Å²) in [7, 11) is 0. The number of rotatable bonds is 3. The highest BCUT2D eigenvalue weighted by Gasteiger charge is 2.23. The van der Waals surface area contributed by atoms with Crippen LogP contribution in [0.4, 0.5) is 0 Å². The van der Waals surface area contributed by atoms with Crippen molar-refractivity contribution in [1.29, 1.82) is 0 Å². The summed E-state index contributed by atoms with van der Waals surface area (Å²) in [6.45, 7) is 13.5. The molecule has 2 heterocycles. The second kappa shape index (κ2) is 6.35. The van der Waals surface area contributed by atoms with Gasteiger partial charge >= 0.3 is 0 Å². The zero-order valence-electron chi connectivity index (χ0n) is 14.3. The molecular weight excluding hydrogens is 260 g/mol. The van der Waals surface area contributed by atoms with Crippen LogP contribution in [0, 0.1) is 13.8 Å². The molecule has 0 aliphatic carbocycles. The number of hydrogen-bond donors (Lipinski definition) is 0. The van der Waals surface area contributed by atoms with Crippen LogP contribution in [-0.4, -0.2) is 34.9 Å². The van der Waals surface area contributed by atoms with Gasteiger partial charge in [-0.2, -0.15) is 0 Å². The Labute approximate surface area is 129 Å². The SMILES string of the molecule is Cc1cc(C(=O)CN2CCCCCC2)c(C)n1C(C)(C)C. The quantitative estimate of drug-likeness (QED) is 0.788. The first-order chi connectivity index (χ1) is 9.80. The molecule has 1 fully saturated rings. The molecule has 0 spiro atoms. The molecule has 118 valence electrons. The zero-order valence-corrected chi connectivity index (χ0v) is 14.3. The van der Waals surface area contributed by atoms with E-state index in [2.05, 4.69) is 50.2 Å². The lowest BCUT2D eigenvalue weighted by Crippen LogP contribution is -2.31. The number of ketones is 1. The van der Waals surface area contributed by atoms with Crippen LogP contribution in [0.1, 0.15) is 68.2 Å². The van der Waals surface area contributed by atoms with E-state index in [9.17, 15) is 4.79 Å². The molecule has 0 saturated carbocycles. The summed E-state index contributed by atoms with van der Waals surface area (Å²) in [6.07, 6.45) is 5.08. The van der Waals surface area contributed by atoms with Gasteiger partial charge in [-0.05, 0) is 66.6 Å². The Kier molecular flexibility index (Phi) is 4.92. The summed E-state index contributed by atoms with van der Waals surface area (Å²) in [5.74, 6) is 0.278. The van der Waals surface area contributed by atoms with Gasteiger partial charge in [-0.1, -0.05) is 12.8 Å². The Balaban J connectivity index is 2.16. The fourth-order valence-corrected chi connectivity index (χ4v) is 3.66. The number of nitrogens with zero attached hydrogens (tertiary/aromatic N) is 2. The summed E-state index contributed by atoms with van der Waals surface area (Å²) in [6, 6.07) is 2.07. The standard InChI is InChI=1S/C18H30N2O/c1-14-12-16(15(2)20(14)18(3,4)5)17(21)13-19-10-8-6-7-9-11-19/h12H,6-11,13H2,1-5H3. The number of carbonyl (C=O) groups is 1. The maximum atomic E-state index is 12.7. The van der Waals surface area contributed by atoms with Crippen LogP contribution >= 0.6 is 0 Å². The maximum Gasteiger partial charge on any atom is 0.178 e. The summed E-state index contributed by atoms with van der Waals surface area (Å²) in [5, 5.41) is 0. The predicted molar refractivity (Wildman–Crippen MR) is 88.1 cm³/mol. The zero-order chi connectivity index (χ0) is 15.6. The van der Waals surface area contributed by atoms with E-state index in [4.69, 9.17) is 0 Å². The van der Waals surface area contributed by atoms with E-state index in [0.29, 0.717) is 6.54 Å². The van der Waals surface area contributed by atoms with Crippen LogP contribution < -0.4 is 0 Å². The molecule has 0 atom stereocenters. The first-order valence-corrected chi connectivity index (χ1v) is 8.25. The third-order valence-corrected chi connectivity index (χ3v) is 4.47. The van der Waals surface area contributed by atoms with Gasteiger partial charge in [0, 0.05) is 22.5 Å². The second-order valence-electron chi connectivity index (χ2n) is 7.40. The van der Waals surface area contributed by atoms with Crippen molar-refractivity contribution in [3.8, 4) is 0 Å². The largest absolute Gasteiger partial charge is 0.343 e. The number of Topliss-reactive ketones (excluding diaryl/α,β-unsaturated/α-hetero) is 1. The lowest BCUT2D eigenvalue weighted by atomic mass is 10.1. The number of aryl methyl sites for hydroxylation is 1. The minimum Gasteiger partial charge on any atom is -0.343 e. The Morgan fingerprint density at radius 2 is 1.67 bits per heavy atom. The van der Waals surface area contributed by atoms with E-state index < -0.39 is 0 Å². The average molecular weight is 290 g/mol. The van der Waals surface area contributed by atoms with Crippen LogP contribution in [0.3, 0.4) is 0 Å². The lowest BCUT2D eigenvalue weighted by Gasteiger charge is -2.26. The Morgan fingerprint density at radius 1 is 1.10 bits per heavy atom. The second-order valence-corrected chi connectivity index (χ2v) is 7.40. The van der Waals surface area contributed by atoms with Crippen LogP contribution in [0.25, 0.3) is 0 Å². The third-order valence-electron chi connectivity index (χ3n) is 4.47. The van der Waals surface area contributed by atoms with E-state index in [1.807, 2.05) is 0 Å². The molecule has 1 aromatic heterocycles. The molecule has 0 N–H and O–H groups in total. The van der Waals surface area contributed by atoms with Gasteiger partial charge in [0.15, 0.2) is 5.78 Å². The molecule has 0 aromatic carbocycles. The van der Waals surface area contributed by atoms with Gasteiger partial charge in [-0.25, -0.2) is 0 Å². The maximum absolute atomic E-state index is 12.7. The molecule has 0 radical (unpaired) electrons. The van der Waals surface area contributed by atoms with Crippen molar-refractivity contribution in [2.45, 2.75) is 65.8 Å². The van der Waals surface area contributed by atoms with Gasteiger partial charge < -0.3 is 4.57 Å². The third kappa shape index (κ3) is 3.76. The smallest absolute Gasteiger partial charge is 0.178 e. The summed E-state index contributed by atoms with van der Waals surface area (Å²) < 4.78 is 2.28. The van der Waals surface area contributed by atoms with Crippen molar-refractivity contribution in [3.63, 3.8) is 0 Å². The highest BCUT2D eigenvalue weighted by Crippen LogP contribution is 2.25. The van der Waals surface area contributed by atoms with Gasteiger partial charge in [0.05, 0.1) is 6.54 Å². The van der Waals surface area contributed by atoms with E-state index in [1.165, 1.54) is 31.4 Å². The Morgan fingerprint density at radius 3 is 2.14 bits per heavy atom. The van der Waals surface area contributed by atoms with Crippen molar-refractivity contribution >= 4 is 5.78 Å². The van der Waals surface area contributed by atoms with E-state index >= 15 is 0 Å². The lowest BCUT2D eigenvalue weighted by molar-refractivity contribution is 0.0932. The molecule has 21 heavy (non-hydrogen) atoms. The van der Waals surface area contributed by atoms with Gasteiger partial charge in [0.25, 0.3) is 0 Å².